The van der Waals surface area contributed by atoms with Gasteiger partial charge >= 0.3 is 0 Å². The first kappa shape index (κ1) is 25.0. The van der Waals surface area contributed by atoms with E-state index >= 15 is 0 Å². The lowest BCUT2D eigenvalue weighted by atomic mass is 10.1. The van der Waals surface area contributed by atoms with Gasteiger partial charge in [0.25, 0.3) is 0 Å². The lowest BCUT2D eigenvalue weighted by Gasteiger charge is -2.26. The molecule has 7 nitrogen and oxygen atoms in total. The number of rotatable bonds is 9. The van der Waals surface area contributed by atoms with E-state index in [4.69, 9.17) is 16.3 Å². The Morgan fingerprint density at radius 1 is 1.14 bits per heavy atom. The molecule has 3 aromatic rings. The molecule has 1 amide bonds. The third-order valence-electron chi connectivity index (χ3n) is 6.43. The van der Waals surface area contributed by atoms with Crippen LogP contribution in [0, 0.1) is 0 Å². The molecule has 1 fully saturated rings. The molecule has 188 valence electrons. The summed E-state index contributed by atoms with van der Waals surface area (Å²) in [5.74, 6) is 2.59. The highest BCUT2D eigenvalue weighted by atomic mass is 35.5. The van der Waals surface area contributed by atoms with Crippen molar-refractivity contribution >= 4 is 57.4 Å². The molecular weight excluding hydrogens is 494 g/mol. The molecule has 0 saturated carbocycles. The van der Waals surface area contributed by atoms with Gasteiger partial charge in [-0.2, -0.15) is 11.8 Å². The zero-order valence-electron chi connectivity index (χ0n) is 20.2. The molecule has 2 aliphatic heterocycles. The van der Waals surface area contributed by atoms with Crippen molar-refractivity contribution in [2.24, 2.45) is 0 Å². The van der Waals surface area contributed by atoms with Gasteiger partial charge in [0.05, 0.1) is 18.7 Å². The number of hydrogen-bond acceptors (Lipinski definition) is 7. The van der Waals surface area contributed by atoms with Gasteiger partial charge in [-0.15, -0.1) is 0 Å². The summed E-state index contributed by atoms with van der Waals surface area (Å²) in [7, 11) is 0. The Balaban J connectivity index is 1.17. The fraction of sp³-hybridized carbons (Fsp3) is 0.370. The second-order valence-electron chi connectivity index (χ2n) is 8.88. The van der Waals surface area contributed by atoms with Crippen molar-refractivity contribution in [1.29, 1.82) is 0 Å². The van der Waals surface area contributed by atoms with E-state index < -0.39 is 0 Å². The number of halogens is 1. The van der Waals surface area contributed by atoms with Crippen LogP contribution in [-0.4, -0.2) is 71.7 Å². The Labute approximate surface area is 220 Å². The molecule has 5 rings (SSSR count). The maximum Gasteiger partial charge on any atom is 0.248 e. The number of aromatic nitrogens is 2. The Bertz CT molecular complexity index is 1250. The summed E-state index contributed by atoms with van der Waals surface area (Å²) in [6.07, 6.45) is 7.21. The van der Waals surface area contributed by atoms with Crippen molar-refractivity contribution in [3.63, 3.8) is 0 Å². The Morgan fingerprint density at radius 3 is 2.92 bits per heavy atom. The van der Waals surface area contributed by atoms with Crippen LogP contribution in [-0.2, 0) is 16.0 Å². The predicted molar refractivity (Wildman–Crippen MR) is 149 cm³/mol. The van der Waals surface area contributed by atoms with E-state index in [9.17, 15) is 4.79 Å². The lowest BCUT2D eigenvalue weighted by molar-refractivity contribution is -0.111. The zero-order valence-corrected chi connectivity index (χ0v) is 21.7. The molecule has 36 heavy (non-hydrogen) atoms. The Kier molecular flexibility index (Phi) is 8.38. The fourth-order valence-corrected chi connectivity index (χ4v) is 5.51. The smallest absolute Gasteiger partial charge is 0.248 e. The molecule has 0 radical (unpaired) electrons. The van der Waals surface area contributed by atoms with Crippen LogP contribution in [0.2, 0.25) is 5.02 Å². The molecule has 0 unspecified atom stereocenters. The Morgan fingerprint density at radius 2 is 2.03 bits per heavy atom. The minimum atomic E-state index is -0.139. The molecule has 3 heterocycles. The van der Waals surface area contributed by atoms with Crippen LogP contribution in [0.5, 0.6) is 0 Å². The number of carbonyl (C=O) groups excluding carboxylic acids is 1. The number of benzene rings is 2. The van der Waals surface area contributed by atoms with Crippen molar-refractivity contribution in [1.82, 2.24) is 14.9 Å². The summed E-state index contributed by atoms with van der Waals surface area (Å²) in [4.78, 5) is 26.1. The number of nitrogens with one attached hydrogen (secondary N) is 1. The van der Waals surface area contributed by atoms with Gasteiger partial charge in [-0.3, -0.25) is 9.69 Å². The maximum absolute atomic E-state index is 12.5. The van der Waals surface area contributed by atoms with Crippen molar-refractivity contribution in [2.45, 2.75) is 12.8 Å². The van der Waals surface area contributed by atoms with E-state index in [1.807, 2.05) is 48.2 Å². The van der Waals surface area contributed by atoms with Crippen LogP contribution < -0.4 is 10.2 Å². The van der Waals surface area contributed by atoms with E-state index in [0.29, 0.717) is 5.02 Å². The third-order valence-corrected chi connectivity index (χ3v) is 7.67. The summed E-state index contributed by atoms with van der Waals surface area (Å²) >= 11 is 8.11. The summed E-state index contributed by atoms with van der Waals surface area (Å²) < 4.78 is 5.38. The number of morpholine rings is 1. The number of fused-ring (bicyclic) bond motifs is 2. The summed E-state index contributed by atoms with van der Waals surface area (Å²) in [6.45, 7) is 5.70. The second kappa shape index (κ2) is 12.1. The van der Waals surface area contributed by atoms with Crippen LogP contribution in [0.15, 0.2) is 54.9 Å². The first-order chi connectivity index (χ1) is 17.7. The second-order valence-corrected chi connectivity index (χ2v) is 10.5. The number of nitrogens with zero attached hydrogens (tertiary/aromatic N) is 4. The minimum absolute atomic E-state index is 0.139. The van der Waals surface area contributed by atoms with Crippen LogP contribution >= 0.6 is 23.4 Å². The van der Waals surface area contributed by atoms with E-state index in [0.717, 1.165) is 91.8 Å². The highest BCUT2D eigenvalue weighted by Gasteiger charge is 2.23. The minimum Gasteiger partial charge on any atom is -0.379 e. The molecule has 1 aromatic heterocycles. The molecule has 0 bridgehead atoms. The third kappa shape index (κ3) is 6.18. The van der Waals surface area contributed by atoms with Crippen LogP contribution in [0.1, 0.15) is 12.0 Å². The van der Waals surface area contributed by atoms with Crippen LogP contribution in [0.4, 0.5) is 17.2 Å². The molecule has 0 spiro atoms. The number of ether oxygens (including phenoxy) is 1. The lowest BCUT2D eigenvalue weighted by Crippen LogP contribution is -2.36. The van der Waals surface area contributed by atoms with Crippen molar-refractivity contribution in [2.75, 3.05) is 61.1 Å². The van der Waals surface area contributed by atoms with Crippen LogP contribution in [0.3, 0.4) is 0 Å². The van der Waals surface area contributed by atoms with Gasteiger partial charge in [-0.25, -0.2) is 9.97 Å². The van der Waals surface area contributed by atoms with Gasteiger partial charge < -0.3 is 15.0 Å². The van der Waals surface area contributed by atoms with Crippen molar-refractivity contribution < 1.29 is 9.53 Å². The molecule has 2 aliphatic rings. The molecule has 0 atom stereocenters. The standard InChI is InChI=1S/C27H30ClN5O2S/c28-21-5-4-20-8-10-33(25(20)17-21)27-23-18-22(6-7-24(23)29-19-30-27)31-26(34)3-1-15-36-16-2-9-32-11-13-35-14-12-32/h1,3-7,17-19H,2,8-16H2,(H,31,34)/b3-1+. The topological polar surface area (TPSA) is 70.6 Å². The van der Waals surface area contributed by atoms with Gasteiger partial charge in [0, 0.05) is 53.2 Å². The fourth-order valence-electron chi connectivity index (χ4n) is 4.61. The van der Waals surface area contributed by atoms with Crippen molar-refractivity contribution in [3.8, 4) is 0 Å². The summed E-state index contributed by atoms with van der Waals surface area (Å²) in [5, 5.41) is 4.57. The number of anilines is 3. The first-order valence-corrected chi connectivity index (χ1v) is 13.9. The van der Waals surface area contributed by atoms with E-state index in [2.05, 4.69) is 31.2 Å². The number of hydrogen-bond donors (Lipinski definition) is 1. The molecule has 2 aromatic carbocycles. The van der Waals surface area contributed by atoms with Crippen molar-refractivity contribution in [3.05, 3.63) is 65.5 Å². The SMILES string of the molecule is O=C(/C=C/CSCCCN1CCOCC1)Nc1ccc2ncnc(N3CCc4ccc(Cl)cc43)c2c1. The molecule has 1 saturated heterocycles. The average Bonchev–Trinajstić information content (AvgIpc) is 3.31. The molecular formula is C27H30ClN5O2S. The maximum atomic E-state index is 12.5. The van der Waals surface area contributed by atoms with E-state index in [-0.39, 0.29) is 5.91 Å². The van der Waals surface area contributed by atoms with Gasteiger partial charge in [0.1, 0.15) is 12.1 Å². The van der Waals surface area contributed by atoms with Gasteiger partial charge in [0.15, 0.2) is 0 Å². The number of amides is 1. The van der Waals surface area contributed by atoms with Gasteiger partial charge in [-0.1, -0.05) is 23.7 Å². The summed E-state index contributed by atoms with van der Waals surface area (Å²) in [6, 6.07) is 11.7. The quantitative estimate of drug-likeness (QED) is 0.315. The average molecular weight is 524 g/mol. The van der Waals surface area contributed by atoms with Gasteiger partial charge in [0.2, 0.25) is 5.91 Å². The normalized spacial score (nSPS) is 16.1. The van der Waals surface area contributed by atoms with E-state index in [1.54, 1.807) is 12.4 Å². The first-order valence-electron chi connectivity index (χ1n) is 12.3. The predicted octanol–water partition coefficient (Wildman–Crippen LogP) is 4.93. The summed E-state index contributed by atoms with van der Waals surface area (Å²) in [5.41, 5.74) is 3.87. The monoisotopic (exact) mass is 523 g/mol. The molecule has 0 aliphatic carbocycles. The highest BCUT2D eigenvalue weighted by Crippen LogP contribution is 2.38. The van der Waals surface area contributed by atoms with E-state index in [1.165, 1.54) is 5.56 Å². The number of carbonyl (C=O) groups is 1. The zero-order chi connectivity index (χ0) is 24.7. The number of thioether (sulfide) groups is 1. The Hall–Kier alpha value is -2.65. The van der Waals surface area contributed by atoms with Crippen LogP contribution in [0.25, 0.3) is 10.9 Å². The molecule has 1 N–H and O–H groups in total. The highest BCUT2D eigenvalue weighted by molar-refractivity contribution is 7.99. The largest absolute Gasteiger partial charge is 0.379 e. The van der Waals surface area contributed by atoms with Gasteiger partial charge in [-0.05, 0) is 61.0 Å². The molecule has 9 heteroatoms.